The molecule has 0 aliphatic rings. The van der Waals surface area contributed by atoms with Crippen molar-refractivity contribution in [3.05, 3.63) is 51.2 Å². The van der Waals surface area contributed by atoms with E-state index in [1.807, 2.05) is 11.4 Å². The maximum atomic E-state index is 12.2. The quantitative estimate of drug-likeness (QED) is 0.847. The number of nitrogens with one attached hydrogen (secondary N) is 1. The minimum atomic E-state index is -0.811. The summed E-state index contributed by atoms with van der Waals surface area (Å²) in [6.07, 6.45) is 0. The third-order valence-corrected chi connectivity index (χ3v) is 3.97. The van der Waals surface area contributed by atoms with Gasteiger partial charge in [-0.15, -0.1) is 11.3 Å². The zero-order chi connectivity index (χ0) is 15.4. The van der Waals surface area contributed by atoms with Gasteiger partial charge in [-0.2, -0.15) is 0 Å². The third-order valence-electron chi connectivity index (χ3n) is 2.78. The highest BCUT2D eigenvalue weighted by Crippen LogP contribution is 2.24. The molecule has 1 heterocycles. The van der Waals surface area contributed by atoms with E-state index in [4.69, 9.17) is 17.3 Å². The van der Waals surface area contributed by atoms with Crippen molar-refractivity contribution in [1.29, 1.82) is 0 Å². The van der Waals surface area contributed by atoms with Gasteiger partial charge in [-0.05, 0) is 29.6 Å². The van der Waals surface area contributed by atoms with Gasteiger partial charge in [-0.3, -0.25) is 4.79 Å². The predicted molar refractivity (Wildman–Crippen MR) is 82.7 cm³/mol. The van der Waals surface area contributed by atoms with E-state index in [1.165, 1.54) is 30.6 Å². The fraction of sp³-hybridized carbons (Fsp3) is 0.143. The van der Waals surface area contributed by atoms with Crippen LogP contribution in [0.5, 0.6) is 0 Å². The SMILES string of the molecule is COC(=O)c1ccc(Cl)cc1NC(=O)C(N)c1cccs1. The van der Waals surface area contributed by atoms with Gasteiger partial charge >= 0.3 is 5.97 Å². The normalized spacial score (nSPS) is 11.8. The van der Waals surface area contributed by atoms with Crippen molar-refractivity contribution in [2.45, 2.75) is 6.04 Å². The Morgan fingerprint density at radius 3 is 2.76 bits per heavy atom. The predicted octanol–water partition coefficient (Wildman–Crippen LogP) is 2.83. The average Bonchev–Trinajstić information content (AvgIpc) is 3.00. The fourth-order valence-corrected chi connectivity index (χ4v) is 2.61. The van der Waals surface area contributed by atoms with Crippen LogP contribution in [0.3, 0.4) is 0 Å². The van der Waals surface area contributed by atoms with E-state index in [-0.39, 0.29) is 11.3 Å². The summed E-state index contributed by atoms with van der Waals surface area (Å²) < 4.78 is 4.67. The van der Waals surface area contributed by atoms with Crippen LogP contribution in [0, 0.1) is 0 Å². The minimum absolute atomic E-state index is 0.216. The number of benzene rings is 1. The molecule has 0 fully saturated rings. The smallest absolute Gasteiger partial charge is 0.339 e. The second kappa shape index (κ2) is 6.71. The monoisotopic (exact) mass is 324 g/mol. The van der Waals surface area contributed by atoms with Gasteiger partial charge in [0.05, 0.1) is 18.4 Å². The number of hydrogen-bond donors (Lipinski definition) is 2. The molecule has 0 saturated heterocycles. The van der Waals surface area contributed by atoms with Crippen LogP contribution in [-0.2, 0) is 9.53 Å². The van der Waals surface area contributed by atoms with Crippen molar-refractivity contribution in [3.63, 3.8) is 0 Å². The Labute approximate surface area is 130 Å². The molecule has 5 nitrogen and oxygen atoms in total. The molecule has 110 valence electrons. The number of methoxy groups -OCH3 is 1. The maximum absolute atomic E-state index is 12.2. The van der Waals surface area contributed by atoms with Crippen molar-refractivity contribution in [2.75, 3.05) is 12.4 Å². The number of amides is 1. The highest BCUT2D eigenvalue weighted by Gasteiger charge is 2.20. The summed E-state index contributed by atoms with van der Waals surface area (Å²) >= 11 is 7.28. The van der Waals surface area contributed by atoms with Gasteiger partial charge in [0.25, 0.3) is 0 Å². The molecule has 1 aromatic heterocycles. The van der Waals surface area contributed by atoms with Crippen LogP contribution in [0.15, 0.2) is 35.7 Å². The molecule has 0 aliphatic heterocycles. The molecule has 1 atom stereocenters. The number of halogens is 1. The largest absolute Gasteiger partial charge is 0.465 e. The Morgan fingerprint density at radius 1 is 1.38 bits per heavy atom. The lowest BCUT2D eigenvalue weighted by Gasteiger charge is -2.13. The number of nitrogens with two attached hydrogens (primary N) is 1. The van der Waals surface area contributed by atoms with E-state index in [9.17, 15) is 9.59 Å². The lowest BCUT2D eigenvalue weighted by molar-refractivity contribution is -0.117. The molecule has 0 bridgehead atoms. The number of carbonyl (C=O) groups is 2. The zero-order valence-corrected chi connectivity index (χ0v) is 12.7. The molecule has 3 N–H and O–H groups in total. The van der Waals surface area contributed by atoms with E-state index < -0.39 is 17.9 Å². The number of hydrogen-bond acceptors (Lipinski definition) is 5. The Hall–Kier alpha value is -1.89. The van der Waals surface area contributed by atoms with Crippen LogP contribution in [0.4, 0.5) is 5.69 Å². The zero-order valence-electron chi connectivity index (χ0n) is 11.1. The van der Waals surface area contributed by atoms with Crippen molar-refractivity contribution < 1.29 is 14.3 Å². The lowest BCUT2D eigenvalue weighted by atomic mass is 10.1. The molecular weight excluding hydrogens is 312 g/mol. The molecule has 1 amide bonds. The van der Waals surface area contributed by atoms with E-state index in [0.717, 1.165) is 4.88 Å². The van der Waals surface area contributed by atoms with Crippen LogP contribution in [0.25, 0.3) is 0 Å². The Balaban J connectivity index is 2.24. The molecule has 0 saturated carbocycles. The second-order valence-electron chi connectivity index (χ2n) is 4.16. The summed E-state index contributed by atoms with van der Waals surface area (Å²) in [6.45, 7) is 0. The van der Waals surface area contributed by atoms with Crippen molar-refractivity contribution >= 4 is 40.5 Å². The first kappa shape index (κ1) is 15.5. The Morgan fingerprint density at radius 2 is 2.14 bits per heavy atom. The molecular formula is C14H13ClN2O3S. The highest BCUT2D eigenvalue weighted by molar-refractivity contribution is 7.10. The first-order chi connectivity index (χ1) is 10.0. The second-order valence-corrected chi connectivity index (χ2v) is 5.58. The summed E-state index contributed by atoms with van der Waals surface area (Å²) in [6, 6.07) is 7.28. The highest BCUT2D eigenvalue weighted by atomic mass is 35.5. The molecule has 0 radical (unpaired) electrons. The van der Waals surface area contributed by atoms with E-state index in [1.54, 1.807) is 12.1 Å². The van der Waals surface area contributed by atoms with E-state index in [2.05, 4.69) is 10.1 Å². The topological polar surface area (TPSA) is 81.4 Å². The number of anilines is 1. The molecule has 2 rings (SSSR count). The van der Waals surface area contributed by atoms with Gasteiger partial charge in [0, 0.05) is 9.90 Å². The molecule has 2 aromatic rings. The first-order valence-electron chi connectivity index (χ1n) is 6.00. The molecule has 0 spiro atoms. The summed E-state index contributed by atoms with van der Waals surface area (Å²) in [5.74, 6) is -0.989. The van der Waals surface area contributed by atoms with Crippen molar-refractivity contribution in [3.8, 4) is 0 Å². The lowest BCUT2D eigenvalue weighted by Crippen LogP contribution is -2.27. The van der Waals surface area contributed by atoms with Crippen molar-refractivity contribution in [2.24, 2.45) is 5.73 Å². The average molecular weight is 325 g/mol. The molecule has 0 aliphatic carbocycles. The van der Waals surface area contributed by atoms with Gasteiger partial charge in [-0.1, -0.05) is 17.7 Å². The maximum Gasteiger partial charge on any atom is 0.339 e. The summed E-state index contributed by atoms with van der Waals surface area (Å²) in [7, 11) is 1.26. The first-order valence-corrected chi connectivity index (χ1v) is 7.26. The Bertz CT molecular complexity index is 658. The Kier molecular flexibility index (Phi) is 4.95. The third kappa shape index (κ3) is 3.60. The summed E-state index contributed by atoms with van der Waals surface area (Å²) in [4.78, 5) is 24.6. The van der Waals surface area contributed by atoms with Gasteiger partial charge in [0.15, 0.2) is 0 Å². The van der Waals surface area contributed by atoms with Gasteiger partial charge < -0.3 is 15.8 Å². The van der Waals surface area contributed by atoms with Gasteiger partial charge in [0.1, 0.15) is 6.04 Å². The number of carbonyl (C=O) groups excluding carboxylic acids is 2. The number of esters is 1. The number of rotatable bonds is 4. The van der Waals surface area contributed by atoms with Crippen molar-refractivity contribution in [1.82, 2.24) is 0 Å². The van der Waals surface area contributed by atoms with Crippen LogP contribution in [0.2, 0.25) is 5.02 Å². The summed E-state index contributed by atoms with van der Waals surface area (Å²) in [5, 5.41) is 4.84. The molecule has 1 aromatic carbocycles. The van der Waals surface area contributed by atoms with Crippen LogP contribution >= 0.6 is 22.9 Å². The van der Waals surface area contributed by atoms with Crippen LogP contribution < -0.4 is 11.1 Å². The molecule has 1 unspecified atom stereocenters. The fourth-order valence-electron chi connectivity index (χ4n) is 1.72. The van der Waals surface area contributed by atoms with Gasteiger partial charge in [0.2, 0.25) is 5.91 Å². The van der Waals surface area contributed by atoms with E-state index >= 15 is 0 Å². The minimum Gasteiger partial charge on any atom is -0.465 e. The molecule has 7 heteroatoms. The standard InChI is InChI=1S/C14H13ClN2O3S/c1-20-14(19)9-5-4-8(15)7-10(9)17-13(18)12(16)11-3-2-6-21-11/h2-7,12H,16H2,1H3,(H,17,18). The van der Waals surface area contributed by atoms with Crippen LogP contribution in [-0.4, -0.2) is 19.0 Å². The van der Waals surface area contributed by atoms with Crippen LogP contribution in [0.1, 0.15) is 21.3 Å². The summed E-state index contributed by atoms with van der Waals surface area (Å²) in [5.41, 5.74) is 6.36. The van der Waals surface area contributed by atoms with Gasteiger partial charge in [-0.25, -0.2) is 4.79 Å². The number of thiophene rings is 1. The number of ether oxygens (including phenoxy) is 1. The van der Waals surface area contributed by atoms with E-state index in [0.29, 0.717) is 5.02 Å². The molecule has 21 heavy (non-hydrogen) atoms.